The number of rotatable bonds is 1. The summed E-state index contributed by atoms with van der Waals surface area (Å²) >= 11 is 0. The molecule has 0 atom stereocenters. The molecular weight excluding hydrogens is 179 g/mol. The Hall–Kier alpha value is -2.05. The third-order valence-electron chi connectivity index (χ3n) is 1.45. The second kappa shape index (κ2) is 2.47. The van der Waals surface area contributed by atoms with Crippen LogP contribution in [0.25, 0.3) is 5.65 Å². The van der Waals surface area contributed by atoms with E-state index in [0.717, 1.165) is 16.8 Å². The number of aromatic nitrogens is 3. The van der Waals surface area contributed by atoms with E-state index in [1.165, 1.54) is 6.07 Å². The largest absolute Gasteiger partial charge is 0.491 e. The Kier molecular flexibility index (Phi) is 1.44. The van der Waals surface area contributed by atoms with Crippen LogP contribution >= 0.6 is 0 Å². The van der Waals surface area contributed by atoms with Gasteiger partial charge < -0.3 is 10.1 Å². The molecule has 2 aromatic rings. The van der Waals surface area contributed by atoms with Crippen LogP contribution in [0.2, 0.25) is 0 Å². The van der Waals surface area contributed by atoms with Crippen LogP contribution in [0.3, 0.4) is 0 Å². The van der Waals surface area contributed by atoms with Crippen LogP contribution in [-0.2, 0) is 0 Å². The molecule has 0 bridgehead atoms. The van der Waals surface area contributed by atoms with E-state index in [-0.39, 0.29) is 5.65 Å². The molecule has 0 fully saturated rings. The average molecular weight is 182 g/mol. The highest BCUT2D eigenvalue weighted by Crippen LogP contribution is 2.07. The Bertz CT molecular complexity index is 480. The van der Waals surface area contributed by atoms with E-state index in [1.807, 2.05) is 0 Å². The van der Waals surface area contributed by atoms with Crippen LogP contribution in [0.15, 0.2) is 18.3 Å². The third-order valence-corrected chi connectivity index (χ3v) is 1.45. The van der Waals surface area contributed by atoms with Crippen molar-refractivity contribution in [2.24, 2.45) is 0 Å². The summed E-state index contributed by atoms with van der Waals surface area (Å²) in [4.78, 5) is 13.0. The Morgan fingerprint density at radius 3 is 3.00 bits per heavy atom. The molecule has 0 aliphatic heterocycles. The van der Waals surface area contributed by atoms with Crippen LogP contribution in [0.5, 0.6) is 0 Å². The predicted molar refractivity (Wildman–Crippen MR) is 39.6 cm³/mol. The van der Waals surface area contributed by atoms with E-state index in [0.29, 0.717) is 0 Å². The SMILES string of the molecule is O=[N+]([O-])c1nc2ccc(F)cn2n1. The van der Waals surface area contributed by atoms with Gasteiger partial charge in [0, 0.05) is 11.2 Å². The van der Waals surface area contributed by atoms with Crippen LogP contribution < -0.4 is 0 Å². The highest BCUT2D eigenvalue weighted by molar-refractivity contribution is 5.39. The Balaban J connectivity index is 2.68. The molecule has 0 unspecified atom stereocenters. The van der Waals surface area contributed by atoms with Gasteiger partial charge in [-0.2, -0.15) is 0 Å². The van der Waals surface area contributed by atoms with Gasteiger partial charge in [0.1, 0.15) is 5.82 Å². The summed E-state index contributed by atoms with van der Waals surface area (Å²) in [6.45, 7) is 0. The zero-order valence-corrected chi connectivity index (χ0v) is 6.22. The number of halogens is 1. The molecular formula is C6H3FN4O2. The average Bonchev–Trinajstić information content (AvgIpc) is 2.46. The molecule has 0 aliphatic rings. The number of hydrogen-bond donors (Lipinski definition) is 0. The smallest absolute Gasteiger partial charge is 0.390 e. The monoisotopic (exact) mass is 182 g/mol. The molecule has 13 heavy (non-hydrogen) atoms. The quantitative estimate of drug-likeness (QED) is 0.482. The second-order valence-corrected chi connectivity index (χ2v) is 2.32. The Morgan fingerprint density at radius 1 is 1.54 bits per heavy atom. The first kappa shape index (κ1) is 7.59. The van der Waals surface area contributed by atoms with E-state index >= 15 is 0 Å². The fourth-order valence-electron chi connectivity index (χ4n) is 0.924. The molecule has 7 heteroatoms. The van der Waals surface area contributed by atoms with Crippen molar-refractivity contribution in [2.45, 2.75) is 0 Å². The van der Waals surface area contributed by atoms with Crippen LogP contribution in [0, 0.1) is 15.9 Å². The van der Waals surface area contributed by atoms with Crippen molar-refractivity contribution in [3.8, 4) is 0 Å². The van der Waals surface area contributed by atoms with Gasteiger partial charge in [-0.1, -0.05) is 0 Å². The van der Waals surface area contributed by atoms with Gasteiger partial charge in [-0.25, -0.2) is 4.39 Å². The Labute approximate surface area is 70.8 Å². The normalized spacial score (nSPS) is 10.5. The zero-order valence-electron chi connectivity index (χ0n) is 6.22. The van der Waals surface area contributed by atoms with Gasteiger partial charge in [-0.05, 0) is 16.0 Å². The first-order valence-electron chi connectivity index (χ1n) is 3.33. The van der Waals surface area contributed by atoms with Crippen LogP contribution in [-0.4, -0.2) is 19.5 Å². The number of nitrogens with zero attached hydrogens (tertiary/aromatic N) is 4. The molecule has 0 saturated carbocycles. The van der Waals surface area contributed by atoms with Crippen molar-refractivity contribution in [3.05, 3.63) is 34.3 Å². The lowest BCUT2D eigenvalue weighted by atomic mass is 10.5. The van der Waals surface area contributed by atoms with Gasteiger partial charge in [0.15, 0.2) is 0 Å². The first-order chi connectivity index (χ1) is 6.16. The molecule has 0 spiro atoms. The maximum Gasteiger partial charge on any atom is 0.491 e. The van der Waals surface area contributed by atoms with Crippen molar-refractivity contribution < 1.29 is 9.31 Å². The van der Waals surface area contributed by atoms with E-state index in [4.69, 9.17) is 0 Å². The number of pyridine rings is 1. The summed E-state index contributed by atoms with van der Waals surface area (Å²) in [5.41, 5.74) is 0.244. The minimum Gasteiger partial charge on any atom is -0.390 e. The maximum absolute atomic E-state index is 12.6. The van der Waals surface area contributed by atoms with Gasteiger partial charge in [0.05, 0.1) is 6.20 Å². The van der Waals surface area contributed by atoms with E-state index in [1.54, 1.807) is 0 Å². The predicted octanol–water partition coefficient (Wildman–Crippen LogP) is 0.777. The molecule has 0 radical (unpaired) electrons. The van der Waals surface area contributed by atoms with Gasteiger partial charge in [0.2, 0.25) is 5.65 Å². The molecule has 0 N–H and O–H groups in total. The van der Waals surface area contributed by atoms with E-state index in [9.17, 15) is 14.5 Å². The van der Waals surface area contributed by atoms with Gasteiger partial charge in [0.25, 0.3) is 0 Å². The summed E-state index contributed by atoms with van der Waals surface area (Å²) in [7, 11) is 0. The van der Waals surface area contributed by atoms with Crippen LogP contribution in [0.4, 0.5) is 10.3 Å². The minimum absolute atomic E-state index is 0.244. The third kappa shape index (κ3) is 1.19. The van der Waals surface area contributed by atoms with E-state index < -0.39 is 16.7 Å². The summed E-state index contributed by atoms with van der Waals surface area (Å²) in [6.07, 6.45) is 1.02. The molecule has 0 saturated heterocycles. The molecule has 6 nitrogen and oxygen atoms in total. The van der Waals surface area contributed by atoms with Crippen molar-refractivity contribution in [3.63, 3.8) is 0 Å². The van der Waals surface area contributed by atoms with Crippen molar-refractivity contribution in [2.75, 3.05) is 0 Å². The van der Waals surface area contributed by atoms with Crippen molar-refractivity contribution >= 4 is 11.6 Å². The molecule has 2 heterocycles. The lowest BCUT2D eigenvalue weighted by Crippen LogP contribution is -1.91. The second-order valence-electron chi connectivity index (χ2n) is 2.32. The summed E-state index contributed by atoms with van der Waals surface area (Å²) in [5.74, 6) is -1.06. The standard InChI is InChI=1S/C6H3FN4O2/c7-4-1-2-5-8-6(11(12)13)9-10(5)3-4/h1-3H. The molecule has 0 amide bonds. The lowest BCUT2D eigenvalue weighted by Gasteiger charge is -1.83. The molecule has 2 aromatic heterocycles. The fourth-order valence-corrected chi connectivity index (χ4v) is 0.924. The van der Waals surface area contributed by atoms with Gasteiger partial charge in [-0.15, -0.1) is 4.52 Å². The molecule has 66 valence electrons. The highest BCUT2D eigenvalue weighted by atomic mass is 19.1. The highest BCUT2D eigenvalue weighted by Gasteiger charge is 2.15. The molecule has 2 rings (SSSR count). The summed E-state index contributed by atoms with van der Waals surface area (Å²) in [6, 6.07) is 2.48. The van der Waals surface area contributed by atoms with Gasteiger partial charge >= 0.3 is 5.95 Å². The number of hydrogen-bond acceptors (Lipinski definition) is 4. The number of nitro groups is 1. The van der Waals surface area contributed by atoms with Crippen molar-refractivity contribution in [1.29, 1.82) is 0 Å². The van der Waals surface area contributed by atoms with Crippen LogP contribution in [0.1, 0.15) is 0 Å². The summed E-state index contributed by atoms with van der Waals surface area (Å²) < 4.78 is 13.6. The minimum atomic E-state index is -0.731. The lowest BCUT2D eigenvalue weighted by molar-refractivity contribution is -0.394. The zero-order chi connectivity index (χ0) is 9.42. The molecule has 0 aromatic carbocycles. The summed E-state index contributed by atoms with van der Waals surface area (Å²) in [5, 5.41) is 13.7. The first-order valence-corrected chi connectivity index (χ1v) is 3.33. The van der Waals surface area contributed by atoms with E-state index in [2.05, 4.69) is 10.1 Å². The number of fused-ring (bicyclic) bond motifs is 1. The fraction of sp³-hybridized carbons (Fsp3) is 0. The topological polar surface area (TPSA) is 73.3 Å². The van der Waals surface area contributed by atoms with Gasteiger partial charge in [-0.3, -0.25) is 0 Å². The Morgan fingerprint density at radius 2 is 2.31 bits per heavy atom. The van der Waals surface area contributed by atoms with Crippen molar-refractivity contribution in [1.82, 2.24) is 14.6 Å². The maximum atomic E-state index is 12.6. The molecule has 0 aliphatic carbocycles.